The van der Waals surface area contributed by atoms with Gasteiger partial charge >= 0.3 is 0 Å². The van der Waals surface area contributed by atoms with Gasteiger partial charge in [-0.15, -0.1) is 0 Å². The molecule has 126 valence electrons. The number of nitrogens with zero attached hydrogens (tertiary/aromatic N) is 3. The van der Waals surface area contributed by atoms with E-state index in [-0.39, 0.29) is 30.2 Å². The van der Waals surface area contributed by atoms with E-state index in [1.54, 1.807) is 36.4 Å². The van der Waals surface area contributed by atoms with Crippen molar-refractivity contribution in [2.75, 3.05) is 5.01 Å². The first-order chi connectivity index (χ1) is 12.1. The van der Waals surface area contributed by atoms with E-state index in [0.717, 1.165) is 0 Å². The summed E-state index contributed by atoms with van der Waals surface area (Å²) in [6, 6.07) is 13.7. The molecule has 0 aliphatic carbocycles. The predicted molar refractivity (Wildman–Crippen MR) is 90.4 cm³/mol. The van der Waals surface area contributed by atoms with E-state index in [4.69, 9.17) is 0 Å². The van der Waals surface area contributed by atoms with Crippen molar-refractivity contribution in [2.45, 2.75) is 12.8 Å². The number of carbonyl (C=O) groups excluding carboxylic acids is 3. The van der Waals surface area contributed by atoms with Gasteiger partial charge in [0, 0.05) is 19.0 Å². The molecule has 3 rings (SSSR count). The Morgan fingerprint density at radius 2 is 1.64 bits per heavy atom. The molecule has 0 atom stereocenters. The normalized spacial score (nSPS) is 13.8. The van der Waals surface area contributed by atoms with Crippen LogP contribution in [0.15, 0.2) is 59.8 Å². The lowest BCUT2D eigenvalue weighted by Crippen LogP contribution is -2.47. The lowest BCUT2D eigenvalue weighted by atomic mass is 10.1. The Hall–Kier alpha value is -3.55. The van der Waals surface area contributed by atoms with Crippen molar-refractivity contribution < 1.29 is 14.4 Å². The summed E-state index contributed by atoms with van der Waals surface area (Å²) in [4.78, 5) is 40.0. The van der Waals surface area contributed by atoms with Crippen LogP contribution >= 0.6 is 0 Å². The Morgan fingerprint density at radius 1 is 0.920 bits per heavy atom. The highest BCUT2D eigenvalue weighted by atomic mass is 16.2. The highest BCUT2D eigenvalue weighted by molar-refractivity contribution is 6.40. The summed E-state index contributed by atoms with van der Waals surface area (Å²) in [7, 11) is 0. The van der Waals surface area contributed by atoms with Gasteiger partial charge in [-0.2, -0.15) is 5.10 Å². The number of benzene rings is 1. The first kappa shape index (κ1) is 16.3. The fourth-order valence-corrected chi connectivity index (χ4v) is 2.23. The molecular formula is C17H15N5O3. The van der Waals surface area contributed by atoms with E-state index >= 15 is 0 Å². The number of amides is 3. The van der Waals surface area contributed by atoms with Gasteiger partial charge in [0.25, 0.3) is 11.8 Å². The molecule has 1 aromatic heterocycles. The Kier molecular flexibility index (Phi) is 4.79. The minimum atomic E-state index is -0.572. The lowest BCUT2D eigenvalue weighted by Gasteiger charge is -2.23. The predicted octanol–water partition coefficient (Wildman–Crippen LogP) is 1.03. The number of aromatic nitrogens is 1. The third-order valence-corrected chi connectivity index (χ3v) is 3.48. The number of carbonyl (C=O) groups is 3. The Morgan fingerprint density at radius 3 is 2.36 bits per heavy atom. The standard InChI is InChI=1S/C17H15N5O3/c23-15-10-9-14(21-22(15)12-6-2-1-3-7-12)17(25)20-19-16(24)13-8-4-5-11-18-13/h1-8,11H,9-10H2,(H,19,24)(H,20,25). The highest BCUT2D eigenvalue weighted by Crippen LogP contribution is 2.19. The molecule has 0 bridgehead atoms. The van der Waals surface area contributed by atoms with Gasteiger partial charge in [0.1, 0.15) is 11.4 Å². The molecule has 2 aromatic rings. The van der Waals surface area contributed by atoms with E-state index in [0.29, 0.717) is 5.69 Å². The monoisotopic (exact) mass is 337 g/mol. The summed E-state index contributed by atoms with van der Waals surface area (Å²) < 4.78 is 0. The van der Waals surface area contributed by atoms with Gasteiger partial charge in [0.05, 0.1) is 5.69 Å². The average Bonchev–Trinajstić information content (AvgIpc) is 2.67. The van der Waals surface area contributed by atoms with Crippen molar-refractivity contribution in [2.24, 2.45) is 5.10 Å². The molecule has 0 radical (unpaired) electrons. The summed E-state index contributed by atoms with van der Waals surface area (Å²) in [6.07, 6.45) is 1.84. The number of hydrogen-bond acceptors (Lipinski definition) is 5. The van der Waals surface area contributed by atoms with Crippen LogP contribution in [-0.4, -0.2) is 28.4 Å². The van der Waals surface area contributed by atoms with Crippen LogP contribution in [0.4, 0.5) is 5.69 Å². The van der Waals surface area contributed by atoms with Crippen LogP contribution in [0.5, 0.6) is 0 Å². The summed E-state index contributed by atoms with van der Waals surface area (Å²) in [5.41, 5.74) is 5.48. The third-order valence-electron chi connectivity index (χ3n) is 3.48. The molecular weight excluding hydrogens is 322 g/mol. The zero-order chi connectivity index (χ0) is 17.6. The van der Waals surface area contributed by atoms with Crippen LogP contribution in [0.1, 0.15) is 23.3 Å². The van der Waals surface area contributed by atoms with E-state index in [2.05, 4.69) is 20.9 Å². The number of hydrazine groups is 1. The molecule has 1 aliphatic rings. The highest BCUT2D eigenvalue weighted by Gasteiger charge is 2.25. The first-order valence-electron chi connectivity index (χ1n) is 7.62. The third kappa shape index (κ3) is 3.86. The zero-order valence-corrected chi connectivity index (χ0v) is 13.2. The molecule has 2 heterocycles. The van der Waals surface area contributed by atoms with Crippen LogP contribution in [0, 0.1) is 0 Å². The number of rotatable bonds is 3. The van der Waals surface area contributed by atoms with Crippen molar-refractivity contribution in [3.05, 3.63) is 60.4 Å². The SMILES string of the molecule is O=C(NNC(=O)c1ccccn1)C1=NN(c2ccccc2)C(=O)CC1. The van der Waals surface area contributed by atoms with E-state index in [1.165, 1.54) is 17.3 Å². The molecule has 0 fully saturated rings. The average molecular weight is 337 g/mol. The fourth-order valence-electron chi connectivity index (χ4n) is 2.23. The molecule has 0 saturated heterocycles. The van der Waals surface area contributed by atoms with E-state index < -0.39 is 11.8 Å². The lowest BCUT2D eigenvalue weighted by molar-refractivity contribution is -0.119. The van der Waals surface area contributed by atoms with Gasteiger partial charge in [-0.3, -0.25) is 30.2 Å². The van der Waals surface area contributed by atoms with Crippen LogP contribution in [0.2, 0.25) is 0 Å². The number of hydrazone groups is 1. The minimum absolute atomic E-state index is 0.157. The second-order valence-corrected chi connectivity index (χ2v) is 5.21. The molecule has 1 aliphatic heterocycles. The zero-order valence-electron chi connectivity index (χ0n) is 13.2. The van der Waals surface area contributed by atoms with Crippen molar-refractivity contribution in [1.82, 2.24) is 15.8 Å². The van der Waals surface area contributed by atoms with Crippen LogP contribution in [0.25, 0.3) is 0 Å². The summed E-state index contributed by atoms with van der Waals surface area (Å²) in [5, 5.41) is 5.30. The van der Waals surface area contributed by atoms with Gasteiger partial charge in [0.2, 0.25) is 5.91 Å². The maximum absolute atomic E-state index is 12.2. The molecule has 2 N–H and O–H groups in total. The van der Waals surface area contributed by atoms with Gasteiger partial charge in [-0.05, 0) is 24.3 Å². The molecule has 3 amide bonds. The largest absolute Gasteiger partial charge is 0.288 e. The molecule has 1 aromatic carbocycles. The smallest absolute Gasteiger partial charge is 0.273 e. The van der Waals surface area contributed by atoms with Crippen molar-refractivity contribution in [3.63, 3.8) is 0 Å². The summed E-state index contributed by atoms with van der Waals surface area (Å²) >= 11 is 0. The molecule has 0 spiro atoms. The quantitative estimate of drug-likeness (QED) is 0.816. The summed E-state index contributed by atoms with van der Waals surface area (Å²) in [6.45, 7) is 0. The number of pyridine rings is 1. The maximum atomic E-state index is 12.2. The van der Waals surface area contributed by atoms with Gasteiger partial charge < -0.3 is 0 Å². The molecule has 0 saturated carbocycles. The minimum Gasteiger partial charge on any atom is -0.273 e. The second-order valence-electron chi connectivity index (χ2n) is 5.21. The van der Waals surface area contributed by atoms with E-state index in [1.807, 2.05) is 6.07 Å². The number of nitrogens with one attached hydrogen (secondary N) is 2. The first-order valence-corrected chi connectivity index (χ1v) is 7.62. The van der Waals surface area contributed by atoms with E-state index in [9.17, 15) is 14.4 Å². The fraction of sp³-hybridized carbons (Fsp3) is 0.118. The van der Waals surface area contributed by atoms with Crippen LogP contribution in [-0.2, 0) is 9.59 Å². The van der Waals surface area contributed by atoms with Gasteiger partial charge in [-0.1, -0.05) is 24.3 Å². The number of hydrogen-bond donors (Lipinski definition) is 2. The number of para-hydroxylation sites is 1. The van der Waals surface area contributed by atoms with Crippen molar-refractivity contribution >= 4 is 29.1 Å². The Labute approximate surface area is 143 Å². The van der Waals surface area contributed by atoms with Crippen molar-refractivity contribution in [1.29, 1.82) is 0 Å². The Bertz CT molecular complexity index is 821. The molecule has 0 unspecified atom stereocenters. The topological polar surface area (TPSA) is 104 Å². The molecule has 25 heavy (non-hydrogen) atoms. The van der Waals surface area contributed by atoms with Crippen molar-refractivity contribution in [3.8, 4) is 0 Å². The molecule has 8 nitrogen and oxygen atoms in total. The van der Waals surface area contributed by atoms with Crippen LogP contribution < -0.4 is 15.9 Å². The van der Waals surface area contributed by atoms with Crippen LogP contribution in [0.3, 0.4) is 0 Å². The number of anilines is 1. The molecule has 8 heteroatoms. The van der Waals surface area contributed by atoms with Gasteiger partial charge in [-0.25, -0.2) is 5.01 Å². The summed E-state index contributed by atoms with van der Waals surface area (Å²) in [5.74, 6) is -1.31. The second kappa shape index (κ2) is 7.35. The van der Waals surface area contributed by atoms with Gasteiger partial charge in [0.15, 0.2) is 0 Å². The maximum Gasteiger partial charge on any atom is 0.288 e. The Balaban J connectivity index is 1.67.